The molecule has 0 unspecified atom stereocenters. The molecule has 1 aliphatic rings. The molecule has 7 nitrogen and oxygen atoms in total. The van der Waals surface area contributed by atoms with Gasteiger partial charge in [0.05, 0.1) is 17.0 Å². The average molecular weight is 432 g/mol. The molecule has 1 saturated heterocycles. The number of alkyl halides is 3. The zero-order chi connectivity index (χ0) is 22.2. The van der Waals surface area contributed by atoms with Crippen LogP contribution in [0.5, 0.6) is 0 Å². The number of nitrogens with one attached hydrogen (secondary N) is 2. The summed E-state index contributed by atoms with van der Waals surface area (Å²) in [5.41, 5.74) is 0.390. The van der Waals surface area contributed by atoms with Crippen molar-refractivity contribution in [3.8, 4) is 22.5 Å². The molecule has 4 rings (SSSR count). The van der Waals surface area contributed by atoms with E-state index in [1.165, 1.54) is 23.2 Å². The fourth-order valence-corrected chi connectivity index (χ4v) is 3.79. The SMILES string of the molecule is O=C(O)N1CCC(c2nc(-c3cccc(C(F)(F)F)c3)c(-c3cc[nH]c(=O)c3)[nH]2)CC1. The highest BCUT2D eigenvalue weighted by Crippen LogP contribution is 2.37. The molecular weight excluding hydrogens is 413 g/mol. The summed E-state index contributed by atoms with van der Waals surface area (Å²) in [6.07, 6.45) is -2.94. The Bertz CT molecular complexity index is 1160. The lowest BCUT2D eigenvalue weighted by Gasteiger charge is -2.28. The van der Waals surface area contributed by atoms with E-state index >= 15 is 0 Å². The maximum absolute atomic E-state index is 13.2. The summed E-state index contributed by atoms with van der Waals surface area (Å²) in [6, 6.07) is 7.87. The minimum atomic E-state index is -4.50. The Kier molecular flexibility index (Phi) is 5.30. The summed E-state index contributed by atoms with van der Waals surface area (Å²) in [5, 5.41) is 9.14. The predicted molar refractivity (Wildman–Crippen MR) is 107 cm³/mol. The smallest absolute Gasteiger partial charge is 0.416 e. The number of imidazole rings is 1. The van der Waals surface area contributed by atoms with Crippen LogP contribution < -0.4 is 5.56 Å². The van der Waals surface area contributed by atoms with Gasteiger partial charge >= 0.3 is 12.3 Å². The molecule has 0 atom stereocenters. The summed E-state index contributed by atoms with van der Waals surface area (Å²) >= 11 is 0. The molecule has 1 aromatic carbocycles. The highest BCUT2D eigenvalue weighted by Gasteiger charge is 2.31. The van der Waals surface area contributed by atoms with Gasteiger partial charge in [0.25, 0.3) is 0 Å². The molecule has 0 spiro atoms. The molecule has 0 bridgehead atoms. The third-order valence-electron chi connectivity index (χ3n) is 5.40. The molecule has 162 valence electrons. The van der Waals surface area contributed by atoms with Gasteiger partial charge in [-0.3, -0.25) is 4.79 Å². The molecule has 3 N–H and O–H groups in total. The number of amides is 1. The number of hydrogen-bond acceptors (Lipinski definition) is 3. The van der Waals surface area contributed by atoms with Crippen molar-refractivity contribution in [2.75, 3.05) is 13.1 Å². The fraction of sp³-hybridized carbons (Fsp3) is 0.286. The molecule has 0 radical (unpaired) electrons. The summed E-state index contributed by atoms with van der Waals surface area (Å²) in [6.45, 7) is 0.694. The third-order valence-corrected chi connectivity index (χ3v) is 5.40. The van der Waals surface area contributed by atoms with Crippen LogP contribution in [0.3, 0.4) is 0 Å². The van der Waals surface area contributed by atoms with Crippen LogP contribution in [0.4, 0.5) is 18.0 Å². The number of piperidine rings is 1. The lowest BCUT2D eigenvalue weighted by Crippen LogP contribution is -2.37. The Morgan fingerprint density at radius 1 is 1.13 bits per heavy atom. The van der Waals surface area contributed by atoms with Crippen molar-refractivity contribution >= 4 is 6.09 Å². The van der Waals surface area contributed by atoms with Crippen molar-refractivity contribution < 1.29 is 23.1 Å². The van der Waals surface area contributed by atoms with Gasteiger partial charge in [0.15, 0.2) is 0 Å². The monoisotopic (exact) mass is 432 g/mol. The van der Waals surface area contributed by atoms with Gasteiger partial charge in [0.2, 0.25) is 5.56 Å². The molecule has 31 heavy (non-hydrogen) atoms. The zero-order valence-electron chi connectivity index (χ0n) is 16.2. The van der Waals surface area contributed by atoms with E-state index in [0.717, 1.165) is 12.1 Å². The molecule has 1 aliphatic heterocycles. The standard InChI is InChI=1S/C21H19F3N4O3/c22-21(23,24)15-3-1-2-13(10-15)17-18(14-4-7-25-16(29)11-14)27-19(26-17)12-5-8-28(9-6-12)20(30)31/h1-4,7,10-12H,5-6,8-9H2,(H,25,29)(H,26,27)(H,30,31). The van der Waals surface area contributed by atoms with Gasteiger partial charge in [-0.05, 0) is 31.0 Å². The molecule has 1 fully saturated rings. The van der Waals surface area contributed by atoms with Gasteiger partial charge in [-0.15, -0.1) is 0 Å². The van der Waals surface area contributed by atoms with Gasteiger partial charge < -0.3 is 20.0 Å². The number of likely N-dealkylation sites (tertiary alicyclic amines) is 1. The summed E-state index contributed by atoms with van der Waals surface area (Å²) in [7, 11) is 0. The Labute approximate surface area is 174 Å². The van der Waals surface area contributed by atoms with E-state index in [2.05, 4.69) is 15.0 Å². The number of nitrogens with zero attached hydrogens (tertiary/aromatic N) is 2. The number of aromatic amines is 2. The van der Waals surface area contributed by atoms with Crippen LogP contribution in [0, 0.1) is 0 Å². The van der Waals surface area contributed by atoms with Crippen LogP contribution in [0.2, 0.25) is 0 Å². The third kappa shape index (κ3) is 4.32. The summed E-state index contributed by atoms with van der Waals surface area (Å²) < 4.78 is 39.7. The normalized spacial score (nSPS) is 15.3. The van der Waals surface area contributed by atoms with Gasteiger partial charge in [0.1, 0.15) is 5.82 Å². The topological polar surface area (TPSA) is 102 Å². The molecule has 10 heteroatoms. The van der Waals surface area contributed by atoms with Gasteiger partial charge in [-0.25, -0.2) is 9.78 Å². The Morgan fingerprint density at radius 2 is 1.87 bits per heavy atom. The average Bonchev–Trinajstić information content (AvgIpc) is 3.19. The number of benzene rings is 1. The number of hydrogen-bond donors (Lipinski definition) is 3. The minimum Gasteiger partial charge on any atom is -0.465 e. The summed E-state index contributed by atoms with van der Waals surface area (Å²) in [4.78, 5) is 34.6. The van der Waals surface area contributed by atoms with Crippen LogP contribution in [-0.2, 0) is 6.18 Å². The van der Waals surface area contributed by atoms with Crippen LogP contribution >= 0.6 is 0 Å². The van der Waals surface area contributed by atoms with E-state index in [1.54, 1.807) is 12.1 Å². The highest BCUT2D eigenvalue weighted by atomic mass is 19.4. The summed E-state index contributed by atoms with van der Waals surface area (Å²) in [5.74, 6) is 0.489. The molecule has 2 aromatic heterocycles. The number of pyridine rings is 1. The first-order valence-corrected chi connectivity index (χ1v) is 9.67. The van der Waals surface area contributed by atoms with Gasteiger partial charge in [-0.1, -0.05) is 12.1 Å². The molecule has 1 amide bonds. The fourth-order valence-electron chi connectivity index (χ4n) is 3.79. The zero-order valence-corrected chi connectivity index (χ0v) is 16.2. The first kappa shape index (κ1) is 20.7. The van der Waals surface area contributed by atoms with Crippen molar-refractivity contribution in [3.05, 3.63) is 64.3 Å². The lowest BCUT2D eigenvalue weighted by molar-refractivity contribution is -0.137. The maximum atomic E-state index is 13.2. The Balaban J connectivity index is 1.77. The van der Waals surface area contributed by atoms with Gasteiger partial charge in [0, 0.05) is 42.4 Å². The van der Waals surface area contributed by atoms with E-state index in [4.69, 9.17) is 5.11 Å². The van der Waals surface area contributed by atoms with Crippen LogP contribution in [0.25, 0.3) is 22.5 Å². The maximum Gasteiger partial charge on any atom is 0.416 e. The number of aromatic nitrogens is 3. The highest BCUT2D eigenvalue weighted by molar-refractivity contribution is 5.78. The molecule has 0 saturated carbocycles. The Morgan fingerprint density at radius 3 is 2.52 bits per heavy atom. The van der Waals surface area contributed by atoms with Crippen molar-refractivity contribution in [1.29, 1.82) is 0 Å². The van der Waals surface area contributed by atoms with Crippen molar-refractivity contribution in [3.63, 3.8) is 0 Å². The first-order chi connectivity index (χ1) is 14.7. The van der Waals surface area contributed by atoms with Crippen molar-refractivity contribution in [2.45, 2.75) is 24.9 Å². The second-order valence-corrected chi connectivity index (χ2v) is 7.41. The van der Waals surface area contributed by atoms with Crippen LogP contribution in [-0.4, -0.2) is 44.1 Å². The number of carboxylic acid groups (broad SMARTS) is 1. The molecule has 3 aromatic rings. The second-order valence-electron chi connectivity index (χ2n) is 7.41. The molecule has 0 aliphatic carbocycles. The number of H-pyrrole nitrogens is 2. The Hall–Kier alpha value is -3.56. The lowest BCUT2D eigenvalue weighted by atomic mass is 9.96. The number of rotatable bonds is 3. The minimum absolute atomic E-state index is 0.0732. The van der Waals surface area contributed by atoms with Crippen LogP contribution in [0.15, 0.2) is 47.4 Å². The number of carbonyl (C=O) groups is 1. The van der Waals surface area contributed by atoms with E-state index < -0.39 is 17.8 Å². The van der Waals surface area contributed by atoms with E-state index in [1.807, 2.05) is 0 Å². The first-order valence-electron chi connectivity index (χ1n) is 9.67. The quantitative estimate of drug-likeness (QED) is 0.574. The molecule has 3 heterocycles. The predicted octanol–water partition coefficient (Wildman–Crippen LogP) is 4.31. The van der Waals surface area contributed by atoms with E-state index in [-0.39, 0.29) is 17.0 Å². The van der Waals surface area contributed by atoms with E-state index in [0.29, 0.717) is 48.7 Å². The van der Waals surface area contributed by atoms with Crippen molar-refractivity contribution in [1.82, 2.24) is 19.9 Å². The van der Waals surface area contributed by atoms with E-state index in [9.17, 15) is 22.8 Å². The van der Waals surface area contributed by atoms with Gasteiger partial charge in [-0.2, -0.15) is 13.2 Å². The second kappa shape index (κ2) is 7.93. The number of halogens is 3. The van der Waals surface area contributed by atoms with Crippen molar-refractivity contribution in [2.24, 2.45) is 0 Å². The molecular formula is C21H19F3N4O3. The largest absolute Gasteiger partial charge is 0.465 e. The van der Waals surface area contributed by atoms with Crippen LogP contribution in [0.1, 0.15) is 30.1 Å².